The van der Waals surface area contributed by atoms with Crippen molar-refractivity contribution in [1.82, 2.24) is 0 Å². The molecule has 0 aliphatic heterocycles. The zero-order valence-electron chi connectivity index (χ0n) is 9.55. The molecule has 0 saturated heterocycles. The van der Waals surface area contributed by atoms with Crippen LogP contribution in [0, 0.1) is 5.92 Å². The lowest BCUT2D eigenvalue weighted by atomic mass is 9.92. The molecule has 0 fully saturated rings. The molecule has 14 heavy (non-hydrogen) atoms. The average molecular weight is 198 g/mol. The molecule has 0 spiro atoms. The monoisotopic (exact) mass is 198 g/mol. The maximum atomic E-state index is 10.8. The Labute approximate surface area is 87.0 Å². The third kappa shape index (κ3) is 5.05. The molecule has 1 N–H and O–H groups in total. The molecule has 0 amide bonds. The van der Waals surface area contributed by atoms with E-state index in [4.69, 9.17) is 5.11 Å². The summed E-state index contributed by atoms with van der Waals surface area (Å²) in [6, 6.07) is 0. The first-order valence-electron chi connectivity index (χ1n) is 5.54. The summed E-state index contributed by atoms with van der Waals surface area (Å²) in [7, 11) is 0. The van der Waals surface area contributed by atoms with E-state index in [2.05, 4.69) is 13.8 Å². The second-order valence-electron chi connectivity index (χ2n) is 3.74. The summed E-state index contributed by atoms with van der Waals surface area (Å²) < 4.78 is 0. The molecule has 0 aromatic rings. The molecule has 0 aliphatic carbocycles. The van der Waals surface area contributed by atoms with E-state index >= 15 is 0 Å². The zero-order chi connectivity index (χ0) is 11.0. The summed E-state index contributed by atoms with van der Waals surface area (Å²) in [6.45, 7) is 6.10. The topological polar surface area (TPSA) is 37.3 Å². The molecule has 0 aromatic heterocycles. The molecule has 2 heteroatoms. The van der Waals surface area contributed by atoms with Gasteiger partial charge in [-0.15, -0.1) is 0 Å². The Balaban J connectivity index is 4.08. The van der Waals surface area contributed by atoms with Gasteiger partial charge in [-0.3, -0.25) is 0 Å². The normalized spacial score (nSPS) is 14.1. The lowest BCUT2D eigenvalue weighted by Gasteiger charge is -2.14. The highest BCUT2D eigenvalue weighted by Crippen LogP contribution is 2.21. The summed E-state index contributed by atoms with van der Waals surface area (Å²) in [5.74, 6) is -0.223. The van der Waals surface area contributed by atoms with Gasteiger partial charge < -0.3 is 5.11 Å². The molecule has 1 unspecified atom stereocenters. The van der Waals surface area contributed by atoms with Gasteiger partial charge in [0.15, 0.2) is 0 Å². The van der Waals surface area contributed by atoms with E-state index in [1.54, 1.807) is 13.0 Å². The van der Waals surface area contributed by atoms with E-state index in [0.29, 0.717) is 11.5 Å². The molecule has 82 valence electrons. The van der Waals surface area contributed by atoms with Crippen LogP contribution in [0.5, 0.6) is 0 Å². The van der Waals surface area contributed by atoms with Crippen LogP contribution in [0.2, 0.25) is 0 Å². The number of carbonyl (C=O) groups is 1. The molecule has 0 rings (SSSR count). The van der Waals surface area contributed by atoms with Crippen molar-refractivity contribution >= 4 is 5.97 Å². The second kappa shape index (κ2) is 7.60. The van der Waals surface area contributed by atoms with Gasteiger partial charge in [-0.25, -0.2) is 4.79 Å². The van der Waals surface area contributed by atoms with Gasteiger partial charge in [0, 0.05) is 5.57 Å². The Morgan fingerprint density at radius 3 is 2.43 bits per heavy atom. The fourth-order valence-electron chi connectivity index (χ4n) is 1.58. The molecule has 0 aliphatic rings. The predicted octanol–water partition coefficient (Wildman–Crippen LogP) is 3.62. The number of aliphatic carboxylic acids is 1. The van der Waals surface area contributed by atoms with Gasteiger partial charge in [0.25, 0.3) is 0 Å². The average Bonchev–Trinajstić information content (AvgIpc) is 2.18. The smallest absolute Gasteiger partial charge is 0.331 e. The number of carboxylic acids is 1. The number of unbranched alkanes of at least 4 members (excludes halogenated alkanes) is 1. The van der Waals surface area contributed by atoms with E-state index in [1.807, 2.05) is 0 Å². The summed E-state index contributed by atoms with van der Waals surface area (Å²) in [4.78, 5) is 10.8. The van der Waals surface area contributed by atoms with Crippen LogP contribution in [0.4, 0.5) is 0 Å². The molecule has 0 aromatic carbocycles. The standard InChI is InChI=1S/C12H22O2/c1-4-7-8-10(5-2)9-11(6-3)12(13)14/h6,10H,4-5,7-9H2,1-3H3,(H,13,14)/b11-6+. The van der Waals surface area contributed by atoms with E-state index in [1.165, 1.54) is 12.8 Å². The Morgan fingerprint density at radius 2 is 2.07 bits per heavy atom. The van der Waals surface area contributed by atoms with Crippen LogP contribution in [0.3, 0.4) is 0 Å². The summed E-state index contributed by atoms with van der Waals surface area (Å²) in [5, 5.41) is 8.87. The van der Waals surface area contributed by atoms with Crippen LogP contribution < -0.4 is 0 Å². The Hall–Kier alpha value is -0.790. The van der Waals surface area contributed by atoms with Crippen LogP contribution in [0.1, 0.15) is 52.9 Å². The SMILES string of the molecule is C/C=C(\CC(CC)CCCC)C(=O)O. The molecule has 0 bridgehead atoms. The Kier molecular flexibility index (Phi) is 7.17. The van der Waals surface area contributed by atoms with E-state index in [9.17, 15) is 4.79 Å². The molecule has 0 saturated carbocycles. The Morgan fingerprint density at radius 1 is 1.43 bits per heavy atom. The van der Waals surface area contributed by atoms with Crippen LogP contribution in [0.15, 0.2) is 11.6 Å². The first kappa shape index (κ1) is 13.2. The summed E-state index contributed by atoms with van der Waals surface area (Å²) in [6.07, 6.45) is 7.06. The maximum Gasteiger partial charge on any atom is 0.331 e. The third-order valence-corrected chi connectivity index (χ3v) is 2.68. The molecule has 0 radical (unpaired) electrons. The van der Waals surface area contributed by atoms with Crippen molar-refractivity contribution in [2.75, 3.05) is 0 Å². The van der Waals surface area contributed by atoms with Crippen molar-refractivity contribution in [3.05, 3.63) is 11.6 Å². The third-order valence-electron chi connectivity index (χ3n) is 2.68. The lowest BCUT2D eigenvalue weighted by Crippen LogP contribution is -2.07. The number of hydrogen-bond acceptors (Lipinski definition) is 1. The second-order valence-corrected chi connectivity index (χ2v) is 3.74. The summed E-state index contributed by atoms with van der Waals surface area (Å²) >= 11 is 0. The number of carboxylic acid groups (broad SMARTS) is 1. The lowest BCUT2D eigenvalue weighted by molar-refractivity contribution is -0.132. The molecule has 1 atom stereocenters. The number of allylic oxidation sites excluding steroid dienone is 1. The highest BCUT2D eigenvalue weighted by molar-refractivity contribution is 5.86. The maximum absolute atomic E-state index is 10.8. The van der Waals surface area contributed by atoms with Crippen molar-refractivity contribution in [2.24, 2.45) is 5.92 Å². The van der Waals surface area contributed by atoms with Crippen molar-refractivity contribution in [2.45, 2.75) is 52.9 Å². The van der Waals surface area contributed by atoms with Crippen molar-refractivity contribution in [3.63, 3.8) is 0 Å². The van der Waals surface area contributed by atoms with Gasteiger partial charge in [0.1, 0.15) is 0 Å². The molecular formula is C12H22O2. The van der Waals surface area contributed by atoms with Crippen LogP contribution in [0.25, 0.3) is 0 Å². The van der Waals surface area contributed by atoms with Gasteiger partial charge in [0.2, 0.25) is 0 Å². The fraction of sp³-hybridized carbons (Fsp3) is 0.750. The Bertz CT molecular complexity index is 194. The minimum absolute atomic E-state index is 0.539. The van der Waals surface area contributed by atoms with Gasteiger partial charge in [-0.2, -0.15) is 0 Å². The van der Waals surface area contributed by atoms with Crippen LogP contribution >= 0.6 is 0 Å². The molecular weight excluding hydrogens is 176 g/mol. The van der Waals surface area contributed by atoms with Crippen molar-refractivity contribution in [1.29, 1.82) is 0 Å². The van der Waals surface area contributed by atoms with Crippen LogP contribution in [-0.2, 0) is 4.79 Å². The minimum atomic E-state index is -0.762. The van der Waals surface area contributed by atoms with Crippen molar-refractivity contribution < 1.29 is 9.90 Å². The van der Waals surface area contributed by atoms with E-state index < -0.39 is 5.97 Å². The predicted molar refractivity (Wildman–Crippen MR) is 59.3 cm³/mol. The van der Waals surface area contributed by atoms with Crippen LogP contribution in [-0.4, -0.2) is 11.1 Å². The van der Waals surface area contributed by atoms with Crippen molar-refractivity contribution in [3.8, 4) is 0 Å². The quantitative estimate of drug-likeness (QED) is 0.634. The first-order chi connectivity index (χ1) is 6.65. The van der Waals surface area contributed by atoms with E-state index in [0.717, 1.165) is 19.3 Å². The molecule has 2 nitrogen and oxygen atoms in total. The van der Waals surface area contributed by atoms with Gasteiger partial charge in [-0.1, -0.05) is 45.6 Å². The highest BCUT2D eigenvalue weighted by Gasteiger charge is 2.12. The largest absolute Gasteiger partial charge is 0.478 e. The minimum Gasteiger partial charge on any atom is -0.478 e. The highest BCUT2D eigenvalue weighted by atomic mass is 16.4. The first-order valence-corrected chi connectivity index (χ1v) is 5.54. The zero-order valence-corrected chi connectivity index (χ0v) is 9.55. The molecule has 0 heterocycles. The number of hydrogen-bond donors (Lipinski definition) is 1. The van der Waals surface area contributed by atoms with Gasteiger partial charge in [0.05, 0.1) is 0 Å². The summed E-state index contributed by atoms with van der Waals surface area (Å²) in [5.41, 5.74) is 0.563. The van der Waals surface area contributed by atoms with Gasteiger partial charge in [-0.05, 0) is 19.3 Å². The number of rotatable bonds is 7. The fourth-order valence-corrected chi connectivity index (χ4v) is 1.58. The van der Waals surface area contributed by atoms with E-state index in [-0.39, 0.29) is 0 Å². The van der Waals surface area contributed by atoms with Gasteiger partial charge >= 0.3 is 5.97 Å².